The summed E-state index contributed by atoms with van der Waals surface area (Å²) in [6.07, 6.45) is 3.48. The summed E-state index contributed by atoms with van der Waals surface area (Å²) >= 11 is 1.35. The predicted molar refractivity (Wildman–Crippen MR) is 51.3 cm³/mol. The van der Waals surface area contributed by atoms with E-state index < -0.39 is 0 Å². The Morgan fingerprint density at radius 2 is 2.17 bits per heavy atom. The molecule has 0 N–H and O–H groups in total. The lowest BCUT2D eigenvalue weighted by Gasteiger charge is -2.02. The molecule has 0 aliphatic carbocycles. The van der Waals surface area contributed by atoms with E-state index in [4.69, 9.17) is 10.5 Å². The highest BCUT2D eigenvalue weighted by atomic mass is 32.2. The SMILES string of the molecule is CCC=C(C#N)SC(C#N)CC. The molecule has 1 unspecified atom stereocenters. The van der Waals surface area contributed by atoms with Gasteiger partial charge in [0.15, 0.2) is 0 Å². The van der Waals surface area contributed by atoms with E-state index in [9.17, 15) is 0 Å². The number of rotatable bonds is 4. The van der Waals surface area contributed by atoms with E-state index in [1.54, 1.807) is 0 Å². The lowest BCUT2D eigenvalue weighted by Crippen LogP contribution is -1.95. The lowest BCUT2D eigenvalue weighted by atomic mass is 10.4. The highest BCUT2D eigenvalue weighted by molar-refractivity contribution is 8.04. The minimum Gasteiger partial charge on any atom is -0.197 e. The van der Waals surface area contributed by atoms with Crippen molar-refractivity contribution in [2.24, 2.45) is 0 Å². The summed E-state index contributed by atoms with van der Waals surface area (Å²) in [5.41, 5.74) is 0. The largest absolute Gasteiger partial charge is 0.197 e. The first-order valence-electron chi connectivity index (χ1n) is 3.95. The number of nitrogens with zero attached hydrogens (tertiary/aromatic N) is 2. The van der Waals surface area contributed by atoms with E-state index in [1.165, 1.54) is 11.8 Å². The van der Waals surface area contributed by atoms with Crippen molar-refractivity contribution in [3.8, 4) is 12.1 Å². The van der Waals surface area contributed by atoms with Gasteiger partial charge < -0.3 is 0 Å². The van der Waals surface area contributed by atoms with Crippen LogP contribution < -0.4 is 0 Å². The molecule has 0 aromatic rings. The molecule has 0 aromatic carbocycles. The van der Waals surface area contributed by atoms with E-state index in [1.807, 2.05) is 19.9 Å². The molecule has 0 aliphatic rings. The minimum atomic E-state index is -0.0811. The van der Waals surface area contributed by atoms with E-state index in [2.05, 4.69) is 12.1 Å². The Hall–Kier alpha value is -0.930. The number of hydrogen-bond donors (Lipinski definition) is 0. The molecule has 0 rings (SSSR count). The van der Waals surface area contributed by atoms with Crippen molar-refractivity contribution in [1.29, 1.82) is 10.5 Å². The molecular weight excluding hydrogens is 168 g/mol. The van der Waals surface area contributed by atoms with E-state index in [-0.39, 0.29) is 5.25 Å². The summed E-state index contributed by atoms with van der Waals surface area (Å²) in [4.78, 5) is 0.658. The Morgan fingerprint density at radius 3 is 2.50 bits per heavy atom. The molecule has 0 heterocycles. The normalized spacial score (nSPS) is 13.2. The average molecular weight is 180 g/mol. The molecule has 2 nitrogen and oxygen atoms in total. The van der Waals surface area contributed by atoms with Crippen LogP contribution in [0, 0.1) is 22.7 Å². The molecule has 3 heteroatoms. The van der Waals surface area contributed by atoms with Gasteiger partial charge in [-0.1, -0.05) is 31.7 Å². The van der Waals surface area contributed by atoms with Crippen molar-refractivity contribution < 1.29 is 0 Å². The van der Waals surface area contributed by atoms with Gasteiger partial charge in [-0.05, 0) is 12.8 Å². The second-order valence-corrected chi connectivity index (χ2v) is 3.48. The van der Waals surface area contributed by atoms with Crippen LogP contribution in [0.4, 0.5) is 0 Å². The summed E-state index contributed by atoms with van der Waals surface area (Å²) in [6, 6.07) is 4.22. The smallest absolute Gasteiger partial charge is 0.106 e. The Morgan fingerprint density at radius 1 is 1.50 bits per heavy atom. The van der Waals surface area contributed by atoms with Gasteiger partial charge in [0.05, 0.1) is 16.2 Å². The van der Waals surface area contributed by atoms with Gasteiger partial charge >= 0.3 is 0 Å². The monoisotopic (exact) mass is 180 g/mol. The predicted octanol–water partition coefficient (Wildman–Crippen LogP) is 2.84. The van der Waals surface area contributed by atoms with E-state index in [0.29, 0.717) is 4.91 Å². The molecule has 0 bridgehead atoms. The van der Waals surface area contributed by atoms with Crippen molar-refractivity contribution in [3.05, 3.63) is 11.0 Å². The molecule has 12 heavy (non-hydrogen) atoms. The van der Waals surface area contributed by atoms with Crippen LogP contribution in [-0.4, -0.2) is 5.25 Å². The van der Waals surface area contributed by atoms with Crippen LogP contribution in [0.25, 0.3) is 0 Å². The topological polar surface area (TPSA) is 47.6 Å². The molecular formula is C9H12N2S. The van der Waals surface area contributed by atoms with E-state index >= 15 is 0 Å². The molecule has 1 atom stereocenters. The molecule has 0 aliphatic heterocycles. The minimum absolute atomic E-state index is 0.0811. The summed E-state index contributed by atoms with van der Waals surface area (Å²) in [5.74, 6) is 0. The van der Waals surface area contributed by atoms with E-state index in [0.717, 1.165) is 12.8 Å². The van der Waals surface area contributed by atoms with Gasteiger partial charge in [0.1, 0.15) is 6.07 Å². The maximum Gasteiger partial charge on any atom is 0.106 e. The van der Waals surface area contributed by atoms with Gasteiger partial charge in [-0.15, -0.1) is 0 Å². The van der Waals surface area contributed by atoms with Crippen LogP contribution in [0.15, 0.2) is 11.0 Å². The van der Waals surface area contributed by atoms with Crippen molar-refractivity contribution in [1.82, 2.24) is 0 Å². The average Bonchev–Trinajstić information content (AvgIpc) is 2.12. The van der Waals surface area contributed by atoms with Crippen LogP contribution in [-0.2, 0) is 0 Å². The van der Waals surface area contributed by atoms with Gasteiger partial charge in [0, 0.05) is 0 Å². The molecule has 64 valence electrons. The molecule has 0 fully saturated rings. The Kier molecular flexibility index (Phi) is 6.24. The first-order valence-corrected chi connectivity index (χ1v) is 4.82. The van der Waals surface area contributed by atoms with Crippen molar-refractivity contribution in [2.75, 3.05) is 0 Å². The molecule has 0 amide bonds. The van der Waals surface area contributed by atoms with Gasteiger partial charge in [-0.3, -0.25) is 0 Å². The standard InChI is InChI=1S/C9H12N2S/c1-3-5-9(7-11)12-8(4-2)6-10/h5,8H,3-4H2,1-2H3. The third kappa shape index (κ3) is 4.05. The second kappa shape index (κ2) is 6.76. The van der Waals surface area contributed by atoms with Crippen LogP contribution in [0.5, 0.6) is 0 Å². The number of allylic oxidation sites excluding steroid dienone is 2. The van der Waals surface area contributed by atoms with Gasteiger partial charge in [0.25, 0.3) is 0 Å². The maximum absolute atomic E-state index is 8.65. The van der Waals surface area contributed by atoms with Crippen LogP contribution in [0.1, 0.15) is 26.7 Å². The maximum atomic E-state index is 8.65. The fourth-order valence-electron chi connectivity index (χ4n) is 0.660. The third-order valence-electron chi connectivity index (χ3n) is 1.28. The summed E-state index contributed by atoms with van der Waals surface area (Å²) in [7, 11) is 0. The fourth-order valence-corrected chi connectivity index (χ4v) is 1.50. The number of hydrogen-bond acceptors (Lipinski definition) is 3. The molecule has 0 spiro atoms. The van der Waals surface area contributed by atoms with Gasteiger partial charge in [-0.2, -0.15) is 10.5 Å². The van der Waals surface area contributed by atoms with Crippen LogP contribution in [0.3, 0.4) is 0 Å². The quantitative estimate of drug-likeness (QED) is 0.625. The summed E-state index contributed by atoms with van der Waals surface area (Å²) in [5, 5.41) is 17.2. The number of nitriles is 2. The lowest BCUT2D eigenvalue weighted by molar-refractivity contribution is 0.988. The van der Waals surface area contributed by atoms with Gasteiger partial charge in [-0.25, -0.2) is 0 Å². The Labute approximate surface area is 77.9 Å². The Bertz CT molecular complexity index is 232. The molecule has 0 saturated carbocycles. The molecule has 0 saturated heterocycles. The first kappa shape index (κ1) is 11.1. The fraction of sp³-hybridized carbons (Fsp3) is 0.556. The first-order chi connectivity index (χ1) is 5.78. The van der Waals surface area contributed by atoms with Crippen molar-refractivity contribution in [3.63, 3.8) is 0 Å². The van der Waals surface area contributed by atoms with Crippen LogP contribution in [0.2, 0.25) is 0 Å². The highest BCUT2D eigenvalue weighted by Crippen LogP contribution is 2.23. The van der Waals surface area contributed by atoms with Crippen molar-refractivity contribution in [2.45, 2.75) is 31.9 Å². The third-order valence-corrected chi connectivity index (χ3v) is 2.52. The second-order valence-electron chi connectivity index (χ2n) is 2.23. The zero-order valence-corrected chi connectivity index (χ0v) is 8.19. The highest BCUT2D eigenvalue weighted by Gasteiger charge is 2.07. The Balaban J connectivity index is 4.14. The van der Waals surface area contributed by atoms with Crippen molar-refractivity contribution >= 4 is 11.8 Å². The number of thioether (sulfide) groups is 1. The van der Waals surface area contributed by atoms with Gasteiger partial charge in [0.2, 0.25) is 0 Å². The molecule has 0 aromatic heterocycles. The zero-order valence-electron chi connectivity index (χ0n) is 7.37. The summed E-state index contributed by atoms with van der Waals surface area (Å²) in [6.45, 7) is 3.92. The van der Waals surface area contributed by atoms with Crippen LogP contribution >= 0.6 is 11.8 Å². The zero-order chi connectivity index (χ0) is 9.40. The molecule has 0 radical (unpaired) electrons. The summed E-state index contributed by atoms with van der Waals surface area (Å²) < 4.78 is 0.